The van der Waals surface area contributed by atoms with E-state index in [9.17, 15) is 4.79 Å². The first-order valence-corrected chi connectivity index (χ1v) is 7.19. The van der Waals surface area contributed by atoms with Gasteiger partial charge >= 0.3 is 5.97 Å². The lowest BCUT2D eigenvalue weighted by Gasteiger charge is -2.13. The van der Waals surface area contributed by atoms with Gasteiger partial charge in [-0.15, -0.1) is 0 Å². The molecule has 1 N–H and O–H groups in total. The molecule has 0 aliphatic heterocycles. The normalized spacial score (nSPS) is 12.4. The van der Waals surface area contributed by atoms with Gasteiger partial charge in [0.2, 0.25) is 5.71 Å². The minimum atomic E-state index is -0.409. The SMILES string of the molecule is CCOC(=O)c1c(C)oc2nc(C)nc(NC(C)CC)c12. The molecule has 1 atom stereocenters. The number of rotatable bonds is 5. The van der Waals surface area contributed by atoms with Crippen LogP contribution in [0.4, 0.5) is 5.82 Å². The van der Waals surface area contributed by atoms with E-state index >= 15 is 0 Å². The van der Waals surface area contributed by atoms with Crippen LogP contribution in [0.15, 0.2) is 4.42 Å². The molecule has 2 aromatic heterocycles. The molecular formula is C15H21N3O3. The predicted molar refractivity (Wildman–Crippen MR) is 80.6 cm³/mol. The van der Waals surface area contributed by atoms with Gasteiger partial charge < -0.3 is 14.5 Å². The first-order valence-electron chi connectivity index (χ1n) is 7.19. The summed E-state index contributed by atoms with van der Waals surface area (Å²) < 4.78 is 10.7. The van der Waals surface area contributed by atoms with E-state index < -0.39 is 5.97 Å². The first kappa shape index (κ1) is 15.3. The van der Waals surface area contributed by atoms with Gasteiger partial charge in [0.05, 0.1) is 12.0 Å². The zero-order chi connectivity index (χ0) is 15.6. The number of anilines is 1. The Morgan fingerprint density at radius 3 is 2.67 bits per heavy atom. The van der Waals surface area contributed by atoms with E-state index in [0.29, 0.717) is 40.7 Å². The zero-order valence-electron chi connectivity index (χ0n) is 13.1. The van der Waals surface area contributed by atoms with Crippen molar-refractivity contribution in [3.05, 3.63) is 17.1 Å². The fourth-order valence-electron chi connectivity index (χ4n) is 2.11. The van der Waals surface area contributed by atoms with Gasteiger partial charge in [0.1, 0.15) is 23.0 Å². The van der Waals surface area contributed by atoms with Gasteiger partial charge in [0.15, 0.2) is 0 Å². The molecule has 21 heavy (non-hydrogen) atoms. The first-order chi connectivity index (χ1) is 9.97. The van der Waals surface area contributed by atoms with Crippen molar-refractivity contribution in [2.75, 3.05) is 11.9 Å². The topological polar surface area (TPSA) is 77.2 Å². The van der Waals surface area contributed by atoms with Crippen molar-refractivity contribution < 1.29 is 13.9 Å². The van der Waals surface area contributed by atoms with Crippen LogP contribution in [-0.4, -0.2) is 28.6 Å². The largest absolute Gasteiger partial charge is 0.462 e. The summed E-state index contributed by atoms with van der Waals surface area (Å²) in [4.78, 5) is 20.9. The molecule has 2 aromatic rings. The lowest BCUT2D eigenvalue weighted by atomic mass is 10.1. The molecule has 0 spiro atoms. The summed E-state index contributed by atoms with van der Waals surface area (Å²) in [6, 6.07) is 0.229. The molecule has 0 saturated carbocycles. The molecule has 6 nitrogen and oxygen atoms in total. The van der Waals surface area contributed by atoms with Gasteiger partial charge in [-0.3, -0.25) is 0 Å². The van der Waals surface area contributed by atoms with Crippen molar-refractivity contribution in [3.8, 4) is 0 Å². The lowest BCUT2D eigenvalue weighted by molar-refractivity contribution is 0.0526. The number of nitrogens with zero attached hydrogens (tertiary/aromatic N) is 2. The van der Waals surface area contributed by atoms with Crippen LogP contribution in [-0.2, 0) is 4.74 Å². The fourth-order valence-corrected chi connectivity index (χ4v) is 2.11. The summed E-state index contributed by atoms with van der Waals surface area (Å²) in [5, 5.41) is 3.90. The maximum Gasteiger partial charge on any atom is 0.342 e. The van der Waals surface area contributed by atoms with E-state index in [1.165, 1.54) is 0 Å². The van der Waals surface area contributed by atoms with Crippen molar-refractivity contribution in [2.24, 2.45) is 0 Å². The number of furan rings is 1. The van der Waals surface area contributed by atoms with Crippen molar-refractivity contribution in [1.82, 2.24) is 9.97 Å². The second kappa shape index (κ2) is 6.11. The minimum Gasteiger partial charge on any atom is -0.462 e. The summed E-state index contributed by atoms with van der Waals surface area (Å²) in [5.41, 5.74) is 0.812. The maximum absolute atomic E-state index is 12.2. The molecule has 6 heteroatoms. The number of esters is 1. The Kier molecular flexibility index (Phi) is 4.45. The highest BCUT2D eigenvalue weighted by Gasteiger charge is 2.24. The van der Waals surface area contributed by atoms with E-state index in [0.717, 1.165) is 6.42 Å². The molecular weight excluding hydrogens is 270 g/mol. The van der Waals surface area contributed by atoms with Crippen LogP contribution in [0.5, 0.6) is 0 Å². The van der Waals surface area contributed by atoms with Crippen molar-refractivity contribution >= 4 is 22.9 Å². The molecule has 0 radical (unpaired) electrons. The van der Waals surface area contributed by atoms with Gasteiger partial charge in [0, 0.05) is 6.04 Å². The molecule has 0 aliphatic carbocycles. The van der Waals surface area contributed by atoms with Crippen molar-refractivity contribution in [2.45, 2.75) is 47.1 Å². The molecule has 2 heterocycles. The van der Waals surface area contributed by atoms with Crippen LogP contribution in [0.2, 0.25) is 0 Å². The van der Waals surface area contributed by atoms with E-state index in [4.69, 9.17) is 9.15 Å². The van der Waals surface area contributed by atoms with E-state index in [-0.39, 0.29) is 6.04 Å². The summed E-state index contributed by atoms with van der Waals surface area (Å²) in [6.45, 7) is 9.75. The molecule has 0 amide bonds. The smallest absolute Gasteiger partial charge is 0.342 e. The Labute approximate surface area is 123 Å². The molecule has 114 valence electrons. The monoisotopic (exact) mass is 291 g/mol. The molecule has 0 aliphatic rings. The van der Waals surface area contributed by atoms with Crippen LogP contribution < -0.4 is 5.32 Å². The van der Waals surface area contributed by atoms with E-state index in [1.807, 2.05) is 0 Å². The highest BCUT2D eigenvalue weighted by Crippen LogP contribution is 2.30. The Balaban J connectivity index is 2.63. The summed E-state index contributed by atoms with van der Waals surface area (Å²) in [7, 11) is 0. The van der Waals surface area contributed by atoms with Gasteiger partial charge in [-0.2, -0.15) is 4.98 Å². The maximum atomic E-state index is 12.2. The average Bonchev–Trinajstić information content (AvgIpc) is 2.74. The second-order valence-electron chi connectivity index (χ2n) is 5.01. The lowest BCUT2D eigenvalue weighted by Crippen LogP contribution is -2.16. The number of hydrogen-bond acceptors (Lipinski definition) is 6. The zero-order valence-corrected chi connectivity index (χ0v) is 13.1. The number of hydrogen-bond donors (Lipinski definition) is 1. The van der Waals surface area contributed by atoms with Crippen LogP contribution in [0.1, 0.15) is 49.1 Å². The number of carbonyl (C=O) groups excluding carboxylic acids is 1. The Hall–Kier alpha value is -2.11. The van der Waals surface area contributed by atoms with Gasteiger partial charge in [-0.1, -0.05) is 6.92 Å². The molecule has 2 rings (SSSR count). The van der Waals surface area contributed by atoms with Crippen LogP contribution in [0.25, 0.3) is 11.1 Å². The van der Waals surface area contributed by atoms with E-state index in [2.05, 4.69) is 29.1 Å². The summed E-state index contributed by atoms with van der Waals surface area (Å²) in [6.07, 6.45) is 0.941. The van der Waals surface area contributed by atoms with Crippen molar-refractivity contribution in [1.29, 1.82) is 0 Å². The highest BCUT2D eigenvalue weighted by atomic mass is 16.5. The number of nitrogens with one attached hydrogen (secondary N) is 1. The van der Waals surface area contributed by atoms with Gasteiger partial charge in [-0.05, 0) is 34.1 Å². The average molecular weight is 291 g/mol. The van der Waals surface area contributed by atoms with Gasteiger partial charge in [-0.25, -0.2) is 9.78 Å². The number of ether oxygens (including phenoxy) is 1. The van der Waals surface area contributed by atoms with Crippen LogP contribution in [0.3, 0.4) is 0 Å². The molecule has 1 unspecified atom stereocenters. The predicted octanol–water partition coefficient (Wildman–Crippen LogP) is 3.23. The number of carbonyl (C=O) groups is 1. The fraction of sp³-hybridized carbons (Fsp3) is 0.533. The third-order valence-electron chi connectivity index (χ3n) is 3.31. The molecule has 0 fully saturated rings. The number of aromatic nitrogens is 2. The Morgan fingerprint density at radius 2 is 2.05 bits per heavy atom. The molecule has 0 aromatic carbocycles. The van der Waals surface area contributed by atoms with E-state index in [1.54, 1.807) is 20.8 Å². The highest BCUT2D eigenvalue weighted by molar-refractivity contribution is 6.07. The van der Waals surface area contributed by atoms with Gasteiger partial charge in [0.25, 0.3) is 0 Å². The number of aryl methyl sites for hydroxylation is 2. The molecule has 0 bridgehead atoms. The van der Waals surface area contributed by atoms with Crippen LogP contribution in [0, 0.1) is 13.8 Å². The second-order valence-corrected chi connectivity index (χ2v) is 5.01. The molecule has 0 saturated heterocycles. The third kappa shape index (κ3) is 2.99. The number of fused-ring (bicyclic) bond motifs is 1. The standard InChI is InChI=1S/C15H21N3O3/c1-6-8(3)16-13-12-11(15(19)20-7-2)9(4)21-14(12)18-10(5)17-13/h8H,6-7H2,1-5H3,(H,16,17,18). The quantitative estimate of drug-likeness (QED) is 0.852. The summed E-state index contributed by atoms with van der Waals surface area (Å²) >= 11 is 0. The Morgan fingerprint density at radius 1 is 1.33 bits per heavy atom. The van der Waals surface area contributed by atoms with Crippen molar-refractivity contribution in [3.63, 3.8) is 0 Å². The third-order valence-corrected chi connectivity index (χ3v) is 3.31. The minimum absolute atomic E-state index is 0.229. The summed E-state index contributed by atoms with van der Waals surface area (Å²) in [5.74, 6) is 1.30. The van der Waals surface area contributed by atoms with Crippen LogP contribution >= 0.6 is 0 Å². The Bertz CT molecular complexity index is 664.